The Bertz CT molecular complexity index is 1020. The van der Waals surface area contributed by atoms with Crippen molar-refractivity contribution in [2.45, 2.75) is 32.7 Å². The number of carbonyl (C=O) groups is 1. The van der Waals surface area contributed by atoms with E-state index in [1.165, 1.54) is 14.0 Å². The zero-order valence-electron chi connectivity index (χ0n) is 17.3. The Hall–Kier alpha value is -3.61. The molecule has 1 atom stereocenters. The highest BCUT2D eigenvalue weighted by Gasteiger charge is 2.14. The Kier molecular flexibility index (Phi) is 6.85. The number of hydrogen-bond donors (Lipinski definition) is 3. The summed E-state index contributed by atoms with van der Waals surface area (Å²) in [5.74, 6) is 0.995. The van der Waals surface area contributed by atoms with E-state index in [-0.39, 0.29) is 17.7 Å². The van der Waals surface area contributed by atoms with Crippen LogP contribution in [-0.2, 0) is 4.79 Å². The van der Waals surface area contributed by atoms with E-state index in [0.29, 0.717) is 17.3 Å². The number of methoxy groups -OCH3 is 1. The molecule has 0 aliphatic carbocycles. The van der Waals surface area contributed by atoms with Crippen molar-refractivity contribution in [2.75, 3.05) is 17.7 Å². The number of hydrogen-bond acceptors (Lipinski definition) is 6. The lowest BCUT2D eigenvalue weighted by Crippen LogP contribution is -2.13. The number of carbonyl (C=O) groups excluding carboxylic acids is 1. The molecule has 156 valence electrons. The first-order chi connectivity index (χ1) is 14.5. The number of nitrogens with one attached hydrogen (secondary N) is 2. The summed E-state index contributed by atoms with van der Waals surface area (Å²) in [4.78, 5) is 20.4. The third kappa shape index (κ3) is 5.26. The summed E-state index contributed by atoms with van der Waals surface area (Å²) >= 11 is 0. The van der Waals surface area contributed by atoms with Crippen LogP contribution < -0.4 is 15.4 Å². The smallest absolute Gasteiger partial charge is 0.221 e. The third-order valence-corrected chi connectivity index (χ3v) is 4.62. The van der Waals surface area contributed by atoms with Gasteiger partial charge in [-0.3, -0.25) is 9.78 Å². The molecule has 0 saturated heterocycles. The molecular weight excluding hydrogens is 380 g/mol. The number of ether oxygens (including phenoxy) is 1. The third-order valence-electron chi connectivity index (χ3n) is 4.62. The maximum atomic E-state index is 11.4. The second-order valence-corrected chi connectivity index (χ2v) is 6.97. The first-order valence-electron chi connectivity index (χ1n) is 9.83. The van der Waals surface area contributed by atoms with E-state index >= 15 is 0 Å². The number of aromatic nitrogens is 2. The Morgan fingerprint density at radius 3 is 2.77 bits per heavy atom. The Morgan fingerprint density at radius 2 is 2.03 bits per heavy atom. The molecule has 7 heteroatoms. The van der Waals surface area contributed by atoms with Gasteiger partial charge in [0, 0.05) is 18.2 Å². The van der Waals surface area contributed by atoms with Crippen LogP contribution in [-0.4, -0.2) is 28.1 Å². The summed E-state index contributed by atoms with van der Waals surface area (Å²) in [6, 6.07) is 12.9. The molecule has 3 N–H and O–H groups in total. The number of anilines is 2. The van der Waals surface area contributed by atoms with Gasteiger partial charge in [0.15, 0.2) is 11.5 Å². The number of rotatable bonds is 8. The average molecular weight is 406 g/mol. The van der Waals surface area contributed by atoms with Crippen LogP contribution in [0.4, 0.5) is 11.5 Å². The van der Waals surface area contributed by atoms with E-state index in [0.717, 1.165) is 29.7 Å². The minimum atomic E-state index is -0.102. The first kappa shape index (κ1) is 21.1. The molecular formula is C23H26N4O3. The normalized spacial score (nSPS) is 11.6. The summed E-state index contributed by atoms with van der Waals surface area (Å²) < 4.78 is 5.19. The van der Waals surface area contributed by atoms with Crippen molar-refractivity contribution in [1.29, 1.82) is 0 Å². The first-order valence-corrected chi connectivity index (χ1v) is 9.83. The average Bonchev–Trinajstić information content (AvgIpc) is 2.74. The van der Waals surface area contributed by atoms with Gasteiger partial charge in [-0.1, -0.05) is 25.5 Å². The van der Waals surface area contributed by atoms with Gasteiger partial charge >= 0.3 is 0 Å². The van der Waals surface area contributed by atoms with Crippen molar-refractivity contribution in [3.8, 4) is 22.8 Å². The molecule has 0 radical (unpaired) electrons. The zero-order chi connectivity index (χ0) is 21.5. The SMILES string of the molecule is CCCC(Nc1cncc(-c2ccc(O)c(OC)c2)n1)c1cccc(NC(C)=O)c1. The van der Waals surface area contributed by atoms with Crippen LogP contribution in [0.25, 0.3) is 11.3 Å². The van der Waals surface area contributed by atoms with Gasteiger partial charge in [0.2, 0.25) is 5.91 Å². The van der Waals surface area contributed by atoms with Crippen LogP contribution in [0.1, 0.15) is 38.3 Å². The Morgan fingerprint density at radius 1 is 1.20 bits per heavy atom. The topological polar surface area (TPSA) is 96.4 Å². The molecule has 0 saturated carbocycles. The highest BCUT2D eigenvalue weighted by atomic mass is 16.5. The molecule has 1 aromatic heterocycles. The quantitative estimate of drug-likeness (QED) is 0.499. The predicted molar refractivity (Wildman–Crippen MR) is 118 cm³/mol. The lowest BCUT2D eigenvalue weighted by Gasteiger charge is -2.20. The molecule has 1 heterocycles. The maximum absolute atomic E-state index is 11.4. The van der Waals surface area contributed by atoms with Crippen molar-refractivity contribution in [2.24, 2.45) is 0 Å². The predicted octanol–water partition coefficient (Wildman–Crippen LogP) is 4.77. The standard InChI is InChI=1S/C23H26N4O3/c1-4-6-19(16-7-5-8-18(11-16)25-15(2)28)26-23-14-24-13-20(27-23)17-9-10-21(29)22(12-17)30-3/h5,7-14,19,29H,4,6H2,1-3H3,(H,25,28)(H,26,27). The van der Waals surface area contributed by atoms with Crippen molar-refractivity contribution in [3.63, 3.8) is 0 Å². The van der Waals surface area contributed by atoms with Gasteiger partial charge in [0.25, 0.3) is 0 Å². The summed E-state index contributed by atoms with van der Waals surface area (Å²) in [5.41, 5.74) is 3.28. The Balaban J connectivity index is 1.86. The molecule has 0 aliphatic heterocycles. The van der Waals surface area contributed by atoms with E-state index in [1.807, 2.05) is 24.3 Å². The van der Waals surface area contributed by atoms with Crippen LogP contribution in [0.15, 0.2) is 54.9 Å². The number of phenolic OH excluding ortho intramolecular Hbond substituents is 1. The van der Waals surface area contributed by atoms with E-state index in [2.05, 4.69) is 27.5 Å². The fourth-order valence-electron chi connectivity index (χ4n) is 3.24. The summed E-state index contributed by atoms with van der Waals surface area (Å²) in [6.07, 6.45) is 5.22. The lowest BCUT2D eigenvalue weighted by atomic mass is 10.0. The Labute approximate surface area is 176 Å². The summed E-state index contributed by atoms with van der Waals surface area (Å²) in [6.45, 7) is 3.62. The highest BCUT2D eigenvalue weighted by Crippen LogP contribution is 2.31. The number of benzene rings is 2. The van der Waals surface area contributed by atoms with E-state index in [4.69, 9.17) is 4.74 Å². The lowest BCUT2D eigenvalue weighted by molar-refractivity contribution is -0.114. The molecule has 30 heavy (non-hydrogen) atoms. The second kappa shape index (κ2) is 9.73. The van der Waals surface area contributed by atoms with Gasteiger partial charge in [0.05, 0.1) is 31.2 Å². The van der Waals surface area contributed by atoms with Crippen molar-refractivity contribution >= 4 is 17.4 Å². The largest absolute Gasteiger partial charge is 0.504 e. The van der Waals surface area contributed by atoms with Crippen molar-refractivity contribution in [1.82, 2.24) is 9.97 Å². The molecule has 0 bridgehead atoms. The van der Waals surface area contributed by atoms with Gasteiger partial charge in [-0.15, -0.1) is 0 Å². The van der Waals surface area contributed by atoms with Gasteiger partial charge in [-0.2, -0.15) is 0 Å². The molecule has 1 amide bonds. The summed E-state index contributed by atoms with van der Waals surface area (Å²) in [7, 11) is 1.51. The molecule has 0 spiro atoms. The molecule has 3 rings (SSSR count). The molecule has 1 unspecified atom stereocenters. The molecule has 2 aromatic carbocycles. The van der Waals surface area contributed by atoms with Crippen LogP contribution in [0, 0.1) is 0 Å². The fraction of sp³-hybridized carbons (Fsp3) is 0.261. The van der Waals surface area contributed by atoms with Crippen LogP contribution >= 0.6 is 0 Å². The van der Waals surface area contributed by atoms with Crippen LogP contribution in [0.5, 0.6) is 11.5 Å². The molecule has 0 aliphatic rings. The summed E-state index contributed by atoms with van der Waals surface area (Å²) in [5, 5.41) is 16.1. The minimum absolute atomic E-state index is 0.0163. The van der Waals surface area contributed by atoms with Gasteiger partial charge in [-0.05, 0) is 42.3 Å². The maximum Gasteiger partial charge on any atom is 0.221 e. The van der Waals surface area contributed by atoms with Crippen LogP contribution in [0.3, 0.4) is 0 Å². The molecule has 0 fully saturated rings. The van der Waals surface area contributed by atoms with Crippen LogP contribution in [0.2, 0.25) is 0 Å². The van der Waals surface area contributed by atoms with Gasteiger partial charge < -0.3 is 20.5 Å². The van der Waals surface area contributed by atoms with E-state index < -0.39 is 0 Å². The minimum Gasteiger partial charge on any atom is -0.504 e. The second-order valence-electron chi connectivity index (χ2n) is 6.97. The zero-order valence-corrected chi connectivity index (χ0v) is 17.3. The van der Waals surface area contributed by atoms with Crippen molar-refractivity contribution < 1.29 is 14.6 Å². The number of aromatic hydroxyl groups is 1. The highest BCUT2D eigenvalue weighted by molar-refractivity contribution is 5.88. The molecule has 7 nitrogen and oxygen atoms in total. The van der Waals surface area contributed by atoms with Gasteiger partial charge in [0.1, 0.15) is 5.82 Å². The van der Waals surface area contributed by atoms with E-state index in [9.17, 15) is 9.90 Å². The van der Waals surface area contributed by atoms with Gasteiger partial charge in [-0.25, -0.2) is 4.98 Å². The number of amides is 1. The van der Waals surface area contributed by atoms with E-state index in [1.54, 1.807) is 30.6 Å². The van der Waals surface area contributed by atoms with Crippen molar-refractivity contribution in [3.05, 3.63) is 60.4 Å². The number of phenols is 1. The fourth-order valence-corrected chi connectivity index (χ4v) is 3.24. The number of nitrogens with zero attached hydrogens (tertiary/aromatic N) is 2. The monoisotopic (exact) mass is 406 g/mol. The molecule has 3 aromatic rings.